The number of anilines is 1. The SMILES string of the molecule is Nc1ccc2ccnc(C(=O)NC3CC3)c2c1. The van der Waals surface area contributed by atoms with E-state index < -0.39 is 0 Å². The van der Waals surface area contributed by atoms with Gasteiger partial charge in [-0.1, -0.05) is 6.07 Å². The van der Waals surface area contributed by atoms with Crippen LogP contribution in [0.1, 0.15) is 23.3 Å². The molecule has 3 rings (SSSR count). The van der Waals surface area contributed by atoms with E-state index in [0.29, 0.717) is 17.4 Å². The topological polar surface area (TPSA) is 68.0 Å². The number of hydrogen-bond donors (Lipinski definition) is 2. The van der Waals surface area contributed by atoms with Crippen LogP contribution < -0.4 is 11.1 Å². The van der Waals surface area contributed by atoms with Crippen molar-refractivity contribution in [3.63, 3.8) is 0 Å². The highest BCUT2D eigenvalue weighted by atomic mass is 16.2. The van der Waals surface area contributed by atoms with Crippen LogP contribution in [0.15, 0.2) is 30.5 Å². The van der Waals surface area contributed by atoms with Gasteiger partial charge >= 0.3 is 0 Å². The lowest BCUT2D eigenvalue weighted by atomic mass is 10.1. The number of pyridine rings is 1. The Bertz CT molecular complexity index is 590. The Morgan fingerprint density at radius 2 is 2.18 bits per heavy atom. The van der Waals surface area contributed by atoms with Gasteiger partial charge in [0.1, 0.15) is 5.69 Å². The number of nitrogens with two attached hydrogens (primary N) is 1. The lowest BCUT2D eigenvalue weighted by molar-refractivity contribution is 0.0948. The Kier molecular flexibility index (Phi) is 2.21. The molecule has 0 saturated heterocycles. The van der Waals surface area contributed by atoms with E-state index in [4.69, 9.17) is 5.73 Å². The van der Waals surface area contributed by atoms with E-state index in [1.165, 1.54) is 0 Å². The number of nitrogens with zero attached hydrogens (tertiary/aromatic N) is 1. The number of amides is 1. The van der Waals surface area contributed by atoms with Gasteiger partial charge in [-0.3, -0.25) is 9.78 Å². The lowest BCUT2D eigenvalue weighted by Crippen LogP contribution is -2.26. The van der Waals surface area contributed by atoms with Crippen molar-refractivity contribution in [1.82, 2.24) is 10.3 Å². The van der Waals surface area contributed by atoms with E-state index in [0.717, 1.165) is 23.6 Å². The first-order chi connectivity index (χ1) is 8.24. The second-order valence-corrected chi connectivity index (χ2v) is 4.39. The van der Waals surface area contributed by atoms with Gasteiger partial charge in [0, 0.05) is 23.3 Å². The Balaban J connectivity index is 2.07. The molecule has 1 amide bonds. The van der Waals surface area contributed by atoms with Gasteiger partial charge < -0.3 is 11.1 Å². The highest BCUT2D eigenvalue weighted by molar-refractivity contribution is 6.06. The first kappa shape index (κ1) is 10.1. The molecular weight excluding hydrogens is 214 g/mol. The van der Waals surface area contributed by atoms with Crippen molar-refractivity contribution in [2.45, 2.75) is 18.9 Å². The molecule has 0 radical (unpaired) electrons. The van der Waals surface area contributed by atoms with Gasteiger partial charge in [0.2, 0.25) is 0 Å². The van der Waals surface area contributed by atoms with Crippen LogP contribution in [0.4, 0.5) is 5.69 Å². The maximum absolute atomic E-state index is 12.0. The van der Waals surface area contributed by atoms with E-state index in [9.17, 15) is 4.79 Å². The Labute approximate surface area is 98.8 Å². The largest absolute Gasteiger partial charge is 0.399 e. The zero-order chi connectivity index (χ0) is 11.8. The van der Waals surface area contributed by atoms with E-state index in [-0.39, 0.29) is 5.91 Å². The number of aromatic nitrogens is 1. The quantitative estimate of drug-likeness (QED) is 0.767. The van der Waals surface area contributed by atoms with Crippen molar-refractivity contribution in [2.24, 2.45) is 0 Å². The summed E-state index contributed by atoms with van der Waals surface area (Å²) in [6, 6.07) is 7.73. The molecule has 0 unspecified atom stereocenters. The van der Waals surface area contributed by atoms with Gasteiger partial charge in [-0.2, -0.15) is 0 Å². The predicted octanol–water partition coefficient (Wildman–Crippen LogP) is 1.71. The molecule has 4 heteroatoms. The lowest BCUT2D eigenvalue weighted by Gasteiger charge is -2.06. The summed E-state index contributed by atoms with van der Waals surface area (Å²) in [7, 11) is 0. The number of carbonyl (C=O) groups is 1. The van der Waals surface area contributed by atoms with E-state index in [1.807, 2.05) is 18.2 Å². The molecule has 1 aliphatic rings. The fourth-order valence-electron chi connectivity index (χ4n) is 1.85. The third kappa shape index (κ3) is 1.93. The minimum Gasteiger partial charge on any atom is -0.399 e. The van der Waals surface area contributed by atoms with Crippen LogP contribution in [0.25, 0.3) is 10.8 Å². The highest BCUT2D eigenvalue weighted by Gasteiger charge is 2.25. The first-order valence-corrected chi connectivity index (χ1v) is 5.69. The van der Waals surface area contributed by atoms with Crippen LogP contribution in [0.3, 0.4) is 0 Å². The number of rotatable bonds is 2. The average molecular weight is 227 g/mol. The van der Waals surface area contributed by atoms with E-state index >= 15 is 0 Å². The van der Waals surface area contributed by atoms with Crippen LogP contribution in [-0.2, 0) is 0 Å². The summed E-state index contributed by atoms with van der Waals surface area (Å²) < 4.78 is 0. The molecule has 1 aromatic heterocycles. The first-order valence-electron chi connectivity index (χ1n) is 5.69. The smallest absolute Gasteiger partial charge is 0.270 e. The summed E-state index contributed by atoms with van der Waals surface area (Å²) >= 11 is 0. The van der Waals surface area contributed by atoms with E-state index in [2.05, 4.69) is 10.3 Å². The predicted molar refractivity (Wildman–Crippen MR) is 66.6 cm³/mol. The van der Waals surface area contributed by atoms with Gasteiger partial charge in [-0.25, -0.2) is 0 Å². The van der Waals surface area contributed by atoms with Crippen LogP contribution in [0, 0.1) is 0 Å². The minimum absolute atomic E-state index is 0.108. The summed E-state index contributed by atoms with van der Waals surface area (Å²) in [6.07, 6.45) is 3.79. The highest BCUT2D eigenvalue weighted by Crippen LogP contribution is 2.22. The van der Waals surface area contributed by atoms with Crippen molar-refractivity contribution in [1.29, 1.82) is 0 Å². The Hall–Kier alpha value is -2.10. The molecule has 1 aliphatic carbocycles. The van der Waals surface area contributed by atoms with Crippen LogP contribution >= 0.6 is 0 Å². The van der Waals surface area contributed by atoms with Crippen LogP contribution in [0.5, 0.6) is 0 Å². The third-order valence-electron chi connectivity index (χ3n) is 2.92. The molecule has 1 aromatic carbocycles. The van der Waals surface area contributed by atoms with Crippen LogP contribution in [-0.4, -0.2) is 16.9 Å². The maximum atomic E-state index is 12.0. The molecule has 4 nitrogen and oxygen atoms in total. The molecule has 0 aliphatic heterocycles. The minimum atomic E-state index is -0.108. The molecule has 86 valence electrons. The summed E-state index contributed by atoms with van der Waals surface area (Å²) in [5.41, 5.74) is 6.85. The molecule has 1 fully saturated rings. The number of nitrogens with one attached hydrogen (secondary N) is 1. The van der Waals surface area contributed by atoms with Crippen molar-refractivity contribution < 1.29 is 4.79 Å². The number of benzene rings is 1. The monoisotopic (exact) mass is 227 g/mol. The molecule has 1 saturated carbocycles. The summed E-state index contributed by atoms with van der Waals surface area (Å²) in [6.45, 7) is 0. The average Bonchev–Trinajstić information content (AvgIpc) is 3.12. The summed E-state index contributed by atoms with van der Waals surface area (Å²) in [4.78, 5) is 16.2. The molecule has 17 heavy (non-hydrogen) atoms. The molecule has 0 bridgehead atoms. The second kappa shape index (κ2) is 3.73. The molecule has 2 aromatic rings. The normalized spacial score (nSPS) is 14.8. The zero-order valence-corrected chi connectivity index (χ0v) is 9.31. The number of hydrogen-bond acceptors (Lipinski definition) is 3. The van der Waals surface area contributed by atoms with Gasteiger partial charge in [0.25, 0.3) is 5.91 Å². The fourth-order valence-corrected chi connectivity index (χ4v) is 1.85. The second-order valence-electron chi connectivity index (χ2n) is 4.39. The Morgan fingerprint density at radius 3 is 2.94 bits per heavy atom. The van der Waals surface area contributed by atoms with Gasteiger partial charge in [0.15, 0.2) is 0 Å². The van der Waals surface area contributed by atoms with E-state index in [1.54, 1.807) is 12.3 Å². The number of nitrogen functional groups attached to an aromatic ring is 1. The third-order valence-corrected chi connectivity index (χ3v) is 2.92. The van der Waals surface area contributed by atoms with Crippen molar-refractivity contribution in [2.75, 3.05) is 5.73 Å². The summed E-state index contributed by atoms with van der Waals surface area (Å²) in [5, 5.41) is 4.73. The van der Waals surface area contributed by atoms with Gasteiger partial charge in [-0.05, 0) is 36.4 Å². The number of fused-ring (bicyclic) bond motifs is 1. The van der Waals surface area contributed by atoms with Crippen molar-refractivity contribution in [3.05, 3.63) is 36.2 Å². The Morgan fingerprint density at radius 1 is 1.35 bits per heavy atom. The van der Waals surface area contributed by atoms with Gasteiger partial charge in [-0.15, -0.1) is 0 Å². The molecule has 0 atom stereocenters. The molecule has 1 heterocycles. The summed E-state index contributed by atoms with van der Waals surface area (Å²) in [5.74, 6) is -0.108. The maximum Gasteiger partial charge on any atom is 0.270 e. The zero-order valence-electron chi connectivity index (χ0n) is 9.31. The molecule has 3 N–H and O–H groups in total. The van der Waals surface area contributed by atoms with Gasteiger partial charge in [0.05, 0.1) is 0 Å². The van der Waals surface area contributed by atoms with Crippen molar-refractivity contribution >= 4 is 22.4 Å². The molecular formula is C13H13N3O. The fraction of sp³-hybridized carbons (Fsp3) is 0.231. The molecule has 0 spiro atoms. The standard InChI is InChI=1S/C13H13N3O/c14-9-2-1-8-5-6-15-12(11(8)7-9)13(17)16-10-3-4-10/h1-2,5-7,10H,3-4,14H2,(H,16,17). The van der Waals surface area contributed by atoms with Crippen LogP contribution in [0.2, 0.25) is 0 Å². The van der Waals surface area contributed by atoms with Crippen molar-refractivity contribution in [3.8, 4) is 0 Å². The number of carbonyl (C=O) groups excluding carboxylic acids is 1.